The van der Waals surface area contributed by atoms with Gasteiger partial charge in [-0.1, -0.05) is 0 Å². The van der Waals surface area contributed by atoms with Crippen LogP contribution in [0.25, 0.3) is 0 Å². The molecule has 0 spiro atoms. The Bertz CT molecular complexity index is 169. The molecule has 0 aromatic heterocycles. The van der Waals surface area contributed by atoms with Gasteiger partial charge in [0.25, 0.3) is 0 Å². The topological polar surface area (TPSA) is 40.9 Å². The molecule has 2 heteroatoms. The Morgan fingerprint density at radius 2 is 2.50 bits per heavy atom. The minimum atomic E-state index is 0.378. The Morgan fingerprint density at radius 1 is 1.70 bits per heavy atom. The third-order valence-corrected chi connectivity index (χ3v) is 2.01. The number of carbonyl (C=O) groups excluding carboxylic acids is 1. The lowest BCUT2D eigenvalue weighted by molar-refractivity contribution is -0.117. The van der Waals surface area contributed by atoms with Gasteiger partial charge in [-0.2, -0.15) is 5.26 Å². The van der Waals surface area contributed by atoms with Crippen molar-refractivity contribution < 1.29 is 4.79 Å². The molecule has 1 aliphatic carbocycles. The molecule has 1 atom stereocenters. The fourth-order valence-electron chi connectivity index (χ4n) is 1.41. The van der Waals surface area contributed by atoms with E-state index in [0.29, 0.717) is 18.1 Å². The molecule has 0 heterocycles. The van der Waals surface area contributed by atoms with Crippen LogP contribution in [0, 0.1) is 17.2 Å². The van der Waals surface area contributed by atoms with E-state index in [1.54, 1.807) is 0 Å². The summed E-state index contributed by atoms with van der Waals surface area (Å²) in [4.78, 5) is 10.7. The van der Waals surface area contributed by atoms with E-state index in [1.165, 1.54) is 0 Å². The first kappa shape index (κ1) is 7.27. The number of hydrogen-bond acceptors (Lipinski definition) is 2. The van der Waals surface area contributed by atoms with Crippen molar-refractivity contribution in [2.24, 2.45) is 5.92 Å². The van der Waals surface area contributed by atoms with E-state index in [2.05, 4.69) is 6.07 Å². The van der Waals surface area contributed by atoms with E-state index >= 15 is 0 Å². The average molecular weight is 137 g/mol. The van der Waals surface area contributed by atoms with Crippen molar-refractivity contribution in [2.45, 2.75) is 32.1 Å². The molecule has 0 aromatic rings. The summed E-state index contributed by atoms with van der Waals surface area (Å²) in [7, 11) is 0. The lowest BCUT2D eigenvalue weighted by Gasteiger charge is -2.01. The molecule has 0 aliphatic heterocycles. The molecule has 10 heavy (non-hydrogen) atoms. The Kier molecular flexibility index (Phi) is 2.44. The first-order valence-electron chi connectivity index (χ1n) is 3.71. The van der Waals surface area contributed by atoms with E-state index in [9.17, 15) is 4.79 Å². The molecule has 0 aromatic carbocycles. The largest absolute Gasteiger partial charge is 0.300 e. The van der Waals surface area contributed by atoms with Crippen LogP contribution in [-0.2, 0) is 4.79 Å². The molecule has 54 valence electrons. The second-order valence-electron chi connectivity index (χ2n) is 2.84. The van der Waals surface area contributed by atoms with Crippen molar-refractivity contribution in [3.8, 4) is 6.07 Å². The summed E-state index contributed by atoms with van der Waals surface area (Å²) >= 11 is 0. The summed E-state index contributed by atoms with van der Waals surface area (Å²) in [6.07, 6.45) is 4.01. The predicted octanol–water partition coefficient (Wildman–Crippen LogP) is 1.66. The van der Waals surface area contributed by atoms with Crippen LogP contribution in [0.3, 0.4) is 0 Å². The van der Waals surface area contributed by atoms with E-state index in [0.717, 1.165) is 25.7 Å². The molecule has 0 amide bonds. The molecular weight excluding hydrogens is 126 g/mol. The summed E-state index contributed by atoms with van der Waals surface area (Å²) in [5, 5.41) is 8.26. The van der Waals surface area contributed by atoms with Crippen molar-refractivity contribution in [2.75, 3.05) is 0 Å². The Morgan fingerprint density at radius 3 is 3.00 bits per heavy atom. The zero-order valence-corrected chi connectivity index (χ0v) is 5.97. The van der Waals surface area contributed by atoms with Crippen LogP contribution in [0.1, 0.15) is 32.1 Å². The maximum absolute atomic E-state index is 10.7. The van der Waals surface area contributed by atoms with E-state index in [1.807, 2.05) is 0 Å². The van der Waals surface area contributed by atoms with Crippen LogP contribution in [0.2, 0.25) is 0 Å². The van der Waals surface area contributed by atoms with Gasteiger partial charge in [-0.3, -0.25) is 4.79 Å². The standard InChI is InChI=1S/C8H11NO/c9-5-1-2-7-3-4-8(10)6-7/h7H,1-4,6H2. The van der Waals surface area contributed by atoms with Gasteiger partial charge in [-0.25, -0.2) is 0 Å². The third-order valence-electron chi connectivity index (χ3n) is 2.01. The van der Waals surface area contributed by atoms with Gasteiger partial charge in [0.1, 0.15) is 5.78 Å². The summed E-state index contributed by atoms with van der Waals surface area (Å²) in [6, 6.07) is 2.10. The van der Waals surface area contributed by atoms with Crippen LogP contribution in [0.15, 0.2) is 0 Å². The Labute approximate surface area is 60.8 Å². The molecule has 1 rings (SSSR count). The maximum Gasteiger partial charge on any atom is 0.133 e. The third kappa shape index (κ3) is 1.84. The molecule has 2 nitrogen and oxygen atoms in total. The zero-order chi connectivity index (χ0) is 7.40. The van der Waals surface area contributed by atoms with Gasteiger partial charge >= 0.3 is 0 Å². The SMILES string of the molecule is N#CCCC1CCC(=O)C1. The lowest BCUT2D eigenvalue weighted by atomic mass is 10.0. The zero-order valence-electron chi connectivity index (χ0n) is 5.97. The average Bonchev–Trinajstić information content (AvgIpc) is 2.31. The molecule has 0 radical (unpaired) electrons. The van der Waals surface area contributed by atoms with E-state index in [4.69, 9.17) is 5.26 Å². The number of Topliss-reactive ketones (excluding diaryl/α,β-unsaturated/α-hetero) is 1. The molecule has 1 saturated carbocycles. The number of ketones is 1. The molecule has 1 unspecified atom stereocenters. The predicted molar refractivity (Wildman–Crippen MR) is 37.2 cm³/mol. The highest BCUT2D eigenvalue weighted by Crippen LogP contribution is 2.25. The summed E-state index contributed by atoms with van der Waals surface area (Å²) in [6.45, 7) is 0. The number of nitriles is 1. The van der Waals surface area contributed by atoms with Crippen LogP contribution in [-0.4, -0.2) is 5.78 Å². The van der Waals surface area contributed by atoms with E-state index in [-0.39, 0.29) is 0 Å². The van der Waals surface area contributed by atoms with Crippen LogP contribution in [0.5, 0.6) is 0 Å². The fraction of sp³-hybridized carbons (Fsp3) is 0.750. The molecule has 0 saturated heterocycles. The highest BCUT2D eigenvalue weighted by atomic mass is 16.1. The van der Waals surface area contributed by atoms with Gasteiger partial charge in [-0.05, 0) is 18.8 Å². The first-order chi connectivity index (χ1) is 4.83. The fourth-order valence-corrected chi connectivity index (χ4v) is 1.41. The minimum Gasteiger partial charge on any atom is -0.300 e. The number of carbonyl (C=O) groups is 1. The first-order valence-corrected chi connectivity index (χ1v) is 3.71. The Hall–Kier alpha value is -0.840. The van der Waals surface area contributed by atoms with Crippen molar-refractivity contribution in [3.05, 3.63) is 0 Å². The number of rotatable bonds is 2. The molecule has 1 aliphatic rings. The van der Waals surface area contributed by atoms with Crippen LogP contribution < -0.4 is 0 Å². The minimum absolute atomic E-state index is 0.378. The van der Waals surface area contributed by atoms with E-state index < -0.39 is 0 Å². The van der Waals surface area contributed by atoms with Crippen molar-refractivity contribution in [1.29, 1.82) is 5.26 Å². The highest BCUT2D eigenvalue weighted by molar-refractivity contribution is 5.80. The molecule has 0 N–H and O–H groups in total. The monoisotopic (exact) mass is 137 g/mol. The number of hydrogen-bond donors (Lipinski definition) is 0. The van der Waals surface area contributed by atoms with Crippen LogP contribution >= 0.6 is 0 Å². The smallest absolute Gasteiger partial charge is 0.133 e. The van der Waals surface area contributed by atoms with Crippen molar-refractivity contribution >= 4 is 5.78 Å². The second kappa shape index (κ2) is 3.36. The molecule has 0 bridgehead atoms. The second-order valence-corrected chi connectivity index (χ2v) is 2.84. The molecule has 1 fully saturated rings. The molecular formula is C8H11NO. The van der Waals surface area contributed by atoms with Crippen LogP contribution in [0.4, 0.5) is 0 Å². The normalized spacial score (nSPS) is 24.7. The Balaban J connectivity index is 2.20. The van der Waals surface area contributed by atoms with Gasteiger partial charge < -0.3 is 0 Å². The quantitative estimate of drug-likeness (QED) is 0.580. The maximum atomic E-state index is 10.7. The van der Waals surface area contributed by atoms with Crippen molar-refractivity contribution in [1.82, 2.24) is 0 Å². The van der Waals surface area contributed by atoms with Gasteiger partial charge in [0, 0.05) is 19.3 Å². The highest BCUT2D eigenvalue weighted by Gasteiger charge is 2.20. The summed E-state index contributed by atoms with van der Waals surface area (Å²) in [5.74, 6) is 0.898. The number of nitrogens with zero attached hydrogens (tertiary/aromatic N) is 1. The van der Waals surface area contributed by atoms with Gasteiger partial charge in [0.05, 0.1) is 6.07 Å². The van der Waals surface area contributed by atoms with Crippen molar-refractivity contribution in [3.63, 3.8) is 0 Å². The van der Waals surface area contributed by atoms with Gasteiger partial charge in [0.2, 0.25) is 0 Å². The van der Waals surface area contributed by atoms with Gasteiger partial charge in [0.15, 0.2) is 0 Å². The van der Waals surface area contributed by atoms with Gasteiger partial charge in [-0.15, -0.1) is 0 Å². The lowest BCUT2D eigenvalue weighted by Crippen LogP contribution is -1.93. The summed E-state index contributed by atoms with van der Waals surface area (Å²) in [5.41, 5.74) is 0. The summed E-state index contributed by atoms with van der Waals surface area (Å²) < 4.78 is 0.